The van der Waals surface area contributed by atoms with Gasteiger partial charge in [0.15, 0.2) is 0 Å². The lowest BCUT2D eigenvalue weighted by Gasteiger charge is -2.31. The average molecular weight is 249 g/mol. The van der Waals surface area contributed by atoms with Crippen LogP contribution in [-0.4, -0.2) is 23.8 Å². The number of hydrogen-bond donors (Lipinski definition) is 0. The Kier molecular flexibility index (Phi) is 4.23. The molecule has 1 fully saturated rings. The average Bonchev–Trinajstić information content (AvgIpc) is 3.08. The molecule has 1 aliphatic rings. The maximum atomic E-state index is 11.3. The second-order valence-corrected chi connectivity index (χ2v) is 5.74. The van der Waals surface area contributed by atoms with Gasteiger partial charge in [-0.05, 0) is 31.4 Å². The van der Waals surface area contributed by atoms with Crippen LogP contribution in [0.3, 0.4) is 0 Å². The minimum atomic E-state index is -0.218. The van der Waals surface area contributed by atoms with E-state index >= 15 is 0 Å². The second kappa shape index (κ2) is 5.70. The van der Waals surface area contributed by atoms with Crippen LogP contribution in [0.4, 0.5) is 0 Å². The Hall–Kier alpha value is -1.09. The van der Waals surface area contributed by atoms with Crippen molar-refractivity contribution in [2.24, 2.45) is 5.41 Å². The lowest BCUT2D eigenvalue weighted by atomic mass is 9.86. The lowest BCUT2D eigenvalue weighted by Crippen LogP contribution is -2.38. The molecule has 0 N–H and O–H groups in total. The standard InChI is InChI=1S/C15H23NO2/c1-3-8-15(2,12-17)11-16(13-6-7-13)10-14-5-4-9-18-14/h4-5,9,12-13H,3,6-8,10-11H2,1-2H3. The molecule has 2 rings (SSSR count). The van der Waals surface area contributed by atoms with E-state index in [1.165, 1.54) is 12.8 Å². The first-order valence-corrected chi connectivity index (χ1v) is 6.89. The van der Waals surface area contributed by atoms with Crippen LogP contribution >= 0.6 is 0 Å². The fourth-order valence-corrected chi connectivity index (χ4v) is 2.57. The smallest absolute Gasteiger partial charge is 0.127 e. The Bertz CT molecular complexity index is 370. The van der Waals surface area contributed by atoms with Crippen LogP contribution in [0.5, 0.6) is 0 Å². The summed E-state index contributed by atoms with van der Waals surface area (Å²) < 4.78 is 5.42. The van der Waals surface area contributed by atoms with Gasteiger partial charge in [0.25, 0.3) is 0 Å². The third-order valence-corrected chi connectivity index (χ3v) is 3.67. The molecule has 1 aliphatic carbocycles. The predicted molar refractivity (Wildman–Crippen MR) is 71.2 cm³/mol. The third kappa shape index (κ3) is 3.45. The van der Waals surface area contributed by atoms with E-state index in [2.05, 4.69) is 18.7 Å². The Balaban J connectivity index is 1.99. The first-order chi connectivity index (χ1) is 8.67. The number of nitrogens with zero attached hydrogens (tertiary/aromatic N) is 1. The number of hydrogen-bond acceptors (Lipinski definition) is 3. The topological polar surface area (TPSA) is 33.5 Å². The van der Waals surface area contributed by atoms with Gasteiger partial charge < -0.3 is 9.21 Å². The molecule has 1 heterocycles. The van der Waals surface area contributed by atoms with Gasteiger partial charge in [0.1, 0.15) is 12.0 Å². The molecule has 1 unspecified atom stereocenters. The monoisotopic (exact) mass is 249 g/mol. The van der Waals surface area contributed by atoms with Gasteiger partial charge in [0.2, 0.25) is 0 Å². The van der Waals surface area contributed by atoms with Crippen molar-refractivity contribution in [3.63, 3.8) is 0 Å². The highest BCUT2D eigenvalue weighted by Gasteiger charge is 2.34. The van der Waals surface area contributed by atoms with Crippen LogP contribution in [-0.2, 0) is 11.3 Å². The summed E-state index contributed by atoms with van der Waals surface area (Å²) in [5.41, 5.74) is -0.218. The van der Waals surface area contributed by atoms with Crippen molar-refractivity contribution in [1.29, 1.82) is 0 Å². The summed E-state index contributed by atoms with van der Waals surface area (Å²) in [7, 11) is 0. The summed E-state index contributed by atoms with van der Waals surface area (Å²) in [6.07, 6.45) is 7.36. The molecule has 1 atom stereocenters. The summed E-state index contributed by atoms with van der Waals surface area (Å²) in [6, 6.07) is 4.57. The Morgan fingerprint density at radius 2 is 2.33 bits per heavy atom. The van der Waals surface area contributed by atoms with Crippen molar-refractivity contribution < 1.29 is 9.21 Å². The number of carbonyl (C=O) groups is 1. The van der Waals surface area contributed by atoms with Crippen molar-refractivity contribution in [3.8, 4) is 0 Å². The zero-order chi connectivity index (χ0) is 13.0. The summed E-state index contributed by atoms with van der Waals surface area (Å²) in [5.74, 6) is 0.992. The molecule has 100 valence electrons. The Morgan fingerprint density at radius 1 is 1.56 bits per heavy atom. The lowest BCUT2D eigenvalue weighted by molar-refractivity contribution is -0.117. The Labute approximate surface area is 109 Å². The van der Waals surface area contributed by atoms with Crippen LogP contribution in [0, 0.1) is 5.41 Å². The van der Waals surface area contributed by atoms with Crippen LogP contribution in [0.1, 0.15) is 45.3 Å². The van der Waals surface area contributed by atoms with E-state index in [1.807, 2.05) is 12.1 Å². The number of rotatable bonds is 8. The van der Waals surface area contributed by atoms with Gasteiger partial charge in [-0.1, -0.05) is 20.3 Å². The van der Waals surface area contributed by atoms with E-state index in [-0.39, 0.29) is 5.41 Å². The van der Waals surface area contributed by atoms with Crippen LogP contribution in [0.15, 0.2) is 22.8 Å². The Morgan fingerprint density at radius 3 is 2.83 bits per heavy atom. The molecule has 18 heavy (non-hydrogen) atoms. The second-order valence-electron chi connectivity index (χ2n) is 5.74. The third-order valence-electron chi connectivity index (χ3n) is 3.67. The normalized spacial score (nSPS) is 18.8. The molecule has 3 nitrogen and oxygen atoms in total. The van der Waals surface area contributed by atoms with Crippen molar-refractivity contribution in [2.75, 3.05) is 6.54 Å². The van der Waals surface area contributed by atoms with E-state index in [0.717, 1.165) is 38.0 Å². The molecule has 1 saturated carbocycles. The van der Waals surface area contributed by atoms with Gasteiger partial charge in [-0.2, -0.15) is 0 Å². The fourth-order valence-electron chi connectivity index (χ4n) is 2.57. The quantitative estimate of drug-likeness (QED) is 0.663. The molecule has 1 aromatic rings. The van der Waals surface area contributed by atoms with Crippen molar-refractivity contribution in [2.45, 2.75) is 52.1 Å². The minimum Gasteiger partial charge on any atom is -0.468 e. The number of carbonyl (C=O) groups excluding carboxylic acids is 1. The first kappa shape index (κ1) is 13.3. The first-order valence-electron chi connectivity index (χ1n) is 6.89. The van der Waals surface area contributed by atoms with Gasteiger partial charge in [0.05, 0.1) is 12.8 Å². The van der Waals surface area contributed by atoms with Crippen LogP contribution in [0.2, 0.25) is 0 Å². The number of furan rings is 1. The predicted octanol–water partition coefficient (Wildman–Crippen LogP) is 3.25. The van der Waals surface area contributed by atoms with Crippen molar-refractivity contribution in [3.05, 3.63) is 24.2 Å². The molecule has 0 saturated heterocycles. The summed E-state index contributed by atoms with van der Waals surface area (Å²) in [4.78, 5) is 13.8. The van der Waals surface area contributed by atoms with Gasteiger partial charge in [-0.3, -0.25) is 4.90 Å². The zero-order valence-corrected chi connectivity index (χ0v) is 11.4. The molecule has 0 aliphatic heterocycles. The minimum absolute atomic E-state index is 0.218. The summed E-state index contributed by atoms with van der Waals surface area (Å²) in [5, 5.41) is 0. The molecular formula is C15H23NO2. The van der Waals surface area contributed by atoms with E-state index in [9.17, 15) is 4.79 Å². The van der Waals surface area contributed by atoms with Gasteiger partial charge in [-0.25, -0.2) is 0 Å². The van der Waals surface area contributed by atoms with Crippen molar-refractivity contribution >= 4 is 6.29 Å². The van der Waals surface area contributed by atoms with E-state index in [1.54, 1.807) is 6.26 Å². The molecule has 3 heteroatoms. The zero-order valence-electron chi connectivity index (χ0n) is 11.4. The SMILES string of the molecule is CCCC(C)(C=O)CN(Cc1ccco1)C1CC1. The molecule has 0 aromatic carbocycles. The molecule has 0 radical (unpaired) electrons. The van der Waals surface area contributed by atoms with Gasteiger partial charge in [-0.15, -0.1) is 0 Å². The molecule has 0 bridgehead atoms. The van der Waals surface area contributed by atoms with E-state index < -0.39 is 0 Å². The molecule has 0 spiro atoms. The largest absolute Gasteiger partial charge is 0.468 e. The number of aldehydes is 1. The van der Waals surface area contributed by atoms with Crippen molar-refractivity contribution in [1.82, 2.24) is 4.90 Å². The van der Waals surface area contributed by atoms with Crippen LogP contribution < -0.4 is 0 Å². The van der Waals surface area contributed by atoms with E-state index in [4.69, 9.17) is 4.42 Å². The summed E-state index contributed by atoms with van der Waals surface area (Å²) in [6.45, 7) is 5.87. The van der Waals surface area contributed by atoms with Gasteiger partial charge >= 0.3 is 0 Å². The molecule has 0 amide bonds. The van der Waals surface area contributed by atoms with Gasteiger partial charge in [0, 0.05) is 18.0 Å². The fraction of sp³-hybridized carbons (Fsp3) is 0.667. The van der Waals surface area contributed by atoms with E-state index in [0.29, 0.717) is 6.04 Å². The highest BCUT2D eigenvalue weighted by atomic mass is 16.3. The molecular weight excluding hydrogens is 226 g/mol. The molecule has 1 aromatic heterocycles. The summed E-state index contributed by atoms with van der Waals surface area (Å²) >= 11 is 0. The highest BCUT2D eigenvalue weighted by Crippen LogP contribution is 2.32. The maximum absolute atomic E-state index is 11.3. The van der Waals surface area contributed by atoms with Crippen LogP contribution in [0.25, 0.3) is 0 Å². The highest BCUT2D eigenvalue weighted by molar-refractivity contribution is 5.59. The maximum Gasteiger partial charge on any atom is 0.127 e.